The van der Waals surface area contributed by atoms with Gasteiger partial charge in [-0.3, -0.25) is 0 Å². The van der Waals surface area contributed by atoms with Crippen molar-refractivity contribution in [2.45, 2.75) is 43.2 Å². The second kappa shape index (κ2) is 7.75. The molecule has 2 amide bonds. The predicted molar refractivity (Wildman–Crippen MR) is 107 cm³/mol. The van der Waals surface area contributed by atoms with E-state index < -0.39 is 0 Å². The van der Waals surface area contributed by atoms with Crippen LogP contribution < -0.4 is 5.32 Å². The van der Waals surface area contributed by atoms with Gasteiger partial charge in [-0.2, -0.15) is 0 Å². The first-order valence-electron chi connectivity index (χ1n) is 9.56. The van der Waals surface area contributed by atoms with Gasteiger partial charge in [0, 0.05) is 17.2 Å². The molecule has 0 saturated heterocycles. The fraction of sp³-hybridized carbons (Fsp3) is 0.409. The number of urea groups is 1. The SMILES string of the molecule is CC(c1ccccc1)N(CC1CC1)C(=O)NC1CCSc2ccccc21. The van der Waals surface area contributed by atoms with Crippen molar-refractivity contribution >= 4 is 17.8 Å². The van der Waals surface area contributed by atoms with Crippen LogP contribution in [0.15, 0.2) is 59.5 Å². The van der Waals surface area contributed by atoms with E-state index >= 15 is 0 Å². The van der Waals surface area contributed by atoms with Crippen molar-refractivity contribution in [2.75, 3.05) is 12.3 Å². The molecule has 3 nitrogen and oxygen atoms in total. The lowest BCUT2D eigenvalue weighted by molar-refractivity contribution is 0.171. The quantitative estimate of drug-likeness (QED) is 0.768. The number of rotatable bonds is 5. The van der Waals surface area contributed by atoms with Crippen molar-refractivity contribution in [1.82, 2.24) is 10.2 Å². The van der Waals surface area contributed by atoms with E-state index in [1.165, 1.54) is 28.9 Å². The zero-order valence-electron chi connectivity index (χ0n) is 15.2. The van der Waals surface area contributed by atoms with E-state index in [9.17, 15) is 4.79 Å². The zero-order chi connectivity index (χ0) is 17.9. The van der Waals surface area contributed by atoms with Crippen molar-refractivity contribution < 1.29 is 4.79 Å². The fourth-order valence-electron chi connectivity index (χ4n) is 3.63. The molecule has 0 bridgehead atoms. The van der Waals surface area contributed by atoms with Gasteiger partial charge < -0.3 is 10.2 Å². The van der Waals surface area contributed by atoms with Crippen molar-refractivity contribution in [3.63, 3.8) is 0 Å². The summed E-state index contributed by atoms with van der Waals surface area (Å²) in [6.45, 7) is 2.99. The highest BCUT2D eigenvalue weighted by molar-refractivity contribution is 7.99. The highest BCUT2D eigenvalue weighted by Gasteiger charge is 2.32. The lowest BCUT2D eigenvalue weighted by Crippen LogP contribution is -2.44. The van der Waals surface area contributed by atoms with Gasteiger partial charge in [0.25, 0.3) is 0 Å². The number of carbonyl (C=O) groups is 1. The number of hydrogen-bond acceptors (Lipinski definition) is 2. The molecule has 2 aromatic rings. The number of amides is 2. The maximum atomic E-state index is 13.2. The summed E-state index contributed by atoms with van der Waals surface area (Å²) in [7, 11) is 0. The van der Waals surface area contributed by atoms with E-state index in [1.54, 1.807) is 0 Å². The Bertz CT molecular complexity index is 760. The van der Waals surface area contributed by atoms with Crippen LogP contribution in [0, 0.1) is 5.92 Å². The molecule has 26 heavy (non-hydrogen) atoms. The first-order chi connectivity index (χ1) is 12.7. The molecule has 0 radical (unpaired) electrons. The Morgan fingerprint density at radius 2 is 1.85 bits per heavy atom. The summed E-state index contributed by atoms with van der Waals surface area (Å²) in [5.74, 6) is 1.72. The average Bonchev–Trinajstić information content (AvgIpc) is 3.51. The Kier molecular flexibility index (Phi) is 5.21. The van der Waals surface area contributed by atoms with E-state index in [2.05, 4.69) is 48.6 Å². The van der Waals surface area contributed by atoms with Crippen molar-refractivity contribution in [2.24, 2.45) is 5.92 Å². The fourth-order valence-corrected chi connectivity index (χ4v) is 4.76. The number of carbonyl (C=O) groups excluding carboxylic acids is 1. The lowest BCUT2D eigenvalue weighted by atomic mass is 10.0. The molecule has 2 aliphatic rings. The summed E-state index contributed by atoms with van der Waals surface area (Å²) in [4.78, 5) is 16.5. The second-order valence-electron chi connectivity index (χ2n) is 7.36. The summed E-state index contributed by atoms with van der Waals surface area (Å²) >= 11 is 1.89. The van der Waals surface area contributed by atoms with Crippen molar-refractivity contribution in [3.05, 3.63) is 65.7 Å². The molecule has 0 spiro atoms. The molecule has 2 atom stereocenters. The number of nitrogens with zero attached hydrogens (tertiary/aromatic N) is 1. The molecular formula is C22H26N2OS. The number of hydrogen-bond donors (Lipinski definition) is 1. The normalized spacial score (nSPS) is 20.1. The molecule has 1 aliphatic carbocycles. The molecule has 2 aromatic carbocycles. The predicted octanol–water partition coefficient (Wildman–Crippen LogP) is 5.41. The van der Waals surface area contributed by atoms with Gasteiger partial charge in [0.05, 0.1) is 12.1 Å². The number of nitrogens with one attached hydrogen (secondary N) is 1. The number of thioether (sulfide) groups is 1. The third kappa shape index (κ3) is 3.90. The summed E-state index contributed by atoms with van der Waals surface area (Å²) in [5, 5.41) is 3.33. The Morgan fingerprint density at radius 1 is 1.12 bits per heavy atom. The molecule has 2 unspecified atom stereocenters. The summed E-state index contributed by atoms with van der Waals surface area (Å²) < 4.78 is 0. The molecule has 136 valence electrons. The molecule has 1 aliphatic heterocycles. The summed E-state index contributed by atoms with van der Waals surface area (Å²) in [6.07, 6.45) is 3.48. The van der Waals surface area contributed by atoms with Gasteiger partial charge in [0.1, 0.15) is 0 Å². The minimum atomic E-state index is 0.0694. The summed E-state index contributed by atoms with van der Waals surface area (Å²) in [6, 6.07) is 19.1. The second-order valence-corrected chi connectivity index (χ2v) is 8.50. The monoisotopic (exact) mass is 366 g/mol. The third-order valence-corrected chi connectivity index (χ3v) is 6.54. The average molecular weight is 367 g/mol. The standard InChI is InChI=1S/C22H26N2OS/c1-16(18-7-3-2-4-8-18)24(15-17-11-12-17)22(25)23-20-13-14-26-21-10-6-5-9-19(20)21/h2-10,16-17,20H,11-15H2,1H3,(H,23,25). The van der Waals surface area contributed by atoms with Gasteiger partial charge in [-0.25, -0.2) is 4.79 Å². The smallest absolute Gasteiger partial charge is 0.318 e. The zero-order valence-corrected chi connectivity index (χ0v) is 16.0. The van der Waals surface area contributed by atoms with Crippen molar-refractivity contribution in [3.8, 4) is 0 Å². The maximum Gasteiger partial charge on any atom is 0.318 e. The van der Waals surface area contributed by atoms with Crippen LogP contribution in [0.3, 0.4) is 0 Å². The molecule has 1 N–H and O–H groups in total. The largest absolute Gasteiger partial charge is 0.331 e. The van der Waals surface area contributed by atoms with E-state index in [0.717, 1.165) is 18.7 Å². The van der Waals surface area contributed by atoms with Crippen LogP contribution in [0.4, 0.5) is 4.79 Å². The van der Waals surface area contributed by atoms with Crippen LogP contribution in [-0.4, -0.2) is 23.2 Å². The molecule has 1 heterocycles. The lowest BCUT2D eigenvalue weighted by Gasteiger charge is -2.33. The Hall–Kier alpha value is -1.94. The topological polar surface area (TPSA) is 32.3 Å². The molecule has 1 fully saturated rings. The van der Waals surface area contributed by atoms with Crippen LogP contribution in [-0.2, 0) is 0 Å². The van der Waals surface area contributed by atoms with E-state index in [-0.39, 0.29) is 18.1 Å². The van der Waals surface area contributed by atoms with Gasteiger partial charge in [-0.1, -0.05) is 48.5 Å². The van der Waals surface area contributed by atoms with Crippen LogP contribution >= 0.6 is 11.8 Å². The number of benzene rings is 2. The minimum Gasteiger partial charge on any atom is -0.331 e. The third-order valence-electron chi connectivity index (χ3n) is 5.42. The van der Waals surface area contributed by atoms with Gasteiger partial charge in [0.15, 0.2) is 0 Å². The summed E-state index contributed by atoms with van der Waals surface area (Å²) in [5.41, 5.74) is 2.46. The molecule has 0 aromatic heterocycles. The molecular weight excluding hydrogens is 340 g/mol. The first-order valence-corrected chi connectivity index (χ1v) is 10.5. The highest BCUT2D eigenvalue weighted by Crippen LogP contribution is 2.37. The minimum absolute atomic E-state index is 0.0694. The van der Waals surface area contributed by atoms with Gasteiger partial charge >= 0.3 is 6.03 Å². The van der Waals surface area contributed by atoms with Crippen LogP contribution in [0.5, 0.6) is 0 Å². The van der Waals surface area contributed by atoms with Crippen LogP contribution in [0.25, 0.3) is 0 Å². The van der Waals surface area contributed by atoms with Crippen LogP contribution in [0.1, 0.15) is 49.4 Å². The highest BCUT2D eigenvalue weighted by atomic mass is 32.2. The maximum absolute atomic E-state index is 13.2. The van der Waals surface area contributed by atoms with E-state index in [4.69, 9.17) is 0 Å². The number of fused-ring (bicyclic) bond motifs is 1. The van der Waals surface area contributed by atoms with Gasteiger partial charge in [-0.05, 0) is 49.3 Å². The Balaban J connectivity index is 1.52. The molecule has 4 rings (SSSR count). The van der Waals surface area contributed by atoms with Crippen molar-refractivity contribution in [1.29, 1.82) is 0 Å². The molecule has 4 heteroatoms. The molecule has 1 saturated carbocycles. The van der Waals surface area contributed by atoms with E-state index in [0.29, 0.717) is 5.92 Å². The Labute approximate surface area is 160 Å². The van der Waals surface area contributed by atoms with Gasteiger partial charge in [0.2, 0.25) is 0 Å². The Morgan fingerprint density at radius 3 is 2.62 bits per heavy atom. The van der Waals surface area contributed by atoms with Gasteiger partial charge in [-0.15, -0.1) is 11.8 Å². The van der Waals surface area contributed by atoms with E-state index in [1.807, 2.05) is 34.9 Å². The van der Waals surface area contributed by atoms with Crippen LogP contribution in [0.2, 0.25) is 0 Å². The first kappa shape index (κ1) is 17.5.